The van der Waals surface area contributed by atoms with Gasteiger partial charge in [0.05, 0.1) is 13.9 Å². The SMILES string of the molecule is [3H]c1ccc(C2(C(=O)OC)CC2)cc1. The Bertz CT molecular complexity index is 352. The molecule has 0 radical (unpaired) electrons. The van der Waals surface area contributed by atoms with Gasteiger partial charge >= 0.3 is 5.97 Å². The van der Waals surface area contributed by atoms with Crippen LogP contribution in [0.1, 0.15) is 19.8 Å². The largest absolute Gasteiger partial charge is 0.468 e. The molecule has 0 amide bonds. The van der Waals surface area contributed by atoms with Crippen molar-refractivity contribution in [1.29, 1.82) is 0 Å². The van der Waals surface area contributed by atoms with Crippen molar-refractivity contribution in [3.8, 4) is 0 Å². The number of hydrogen-bond donors (Lipinski definition) is 0. The lowest BCUT2D eigenvalue weighted by Gasteiger charge is -2.11. The zero-order valence-electron chi connectivity index (χ0n) is 8.54. The minimum absolute atomic E-state index is 0.157. The van der Waals surface area contributed by atoms with Gasteiger partial charge in [-0.3, -0.25) is 4.79 Å². The van der Waals surface area contributed by atoms with Crippen molar-refractivity contribution in [3.63, 3.8) is 0 Å². The number of carbonyl (C=O) groups excluding carboxylic acids is 1. The van der Waals surface area contributed by atoms with Crippen molar-refractivity contribution in [2.75, 3.05) is 7.11 Å². The van der Waals surface area contributed by atoms with E-state index < -0.39 is 5.41 Å². The first kappa shape index (κ1) is 7.13. The number of methoxy groups -OCH3 is 1. The monoisotopic (exact) mass is 178 g/mol. The van der Waals surface area contributed by atoms with Crippen molar-refractivity contribution in [2.45, 2.75) is 18.3 Å². The van der Waals surface area contributed by atoms with Gasteiger partial charge in [0.25, 0.3) is 0 Å². The van der Waals surface area contributed by atoms with Gasteiger partial charge in [-0.1, -0.05) is 30.3 Å². The van der Waals surface area contributed by atoms with Gasteiger partial charge in [-0.05, 0) is 18.4 Å². The lowest BCUT2D eigenvalue weighted by atomic mass is 9.96. The maximum absolute atomic E-state index is 11.5. The molecule has 0 N–H and O–H groups in total. The summed E-state index contributed by atoms with van der Waals surface area (Å²) in [7, 11) is 1.42. The highest BCUT2D eigenvalue weighted by Gasteiger charge is 2.52. The fraction of sp³-hybridized carbons (Fsp3) is 0.364. The molecule has 1 aliphatic carbocycles. The molecule has 0 atom stereocenters. The lowest BCUT2D eigenvalue weighted by Crippen LogP contribution is -2.21. The van der Waals surface area contributed by atoms with E-state index in [9.17, 15) is 4.79 Å². The van der Waals surface area contributed by atoms with E-state index in [0.717, 1.165) is 18.4 Å². The van der Waals surface area contributed by atoms with Crippen LogP contribution in [0.3, 0.4) is 0 Å². The number of esters is 1. The number of hydrogen-bond acceptors (Lipinski definition) is 2. The first-order valence-electron chi connectivity index (χ1n) is 4.84. The van der Waals surface area contributed by atoms with Crippen molar-refractivity contribution >= 4 is 5.97 Å². The number of benzene rings is 1. The molecule has 1 aromatic rings. The normalized spacial score (nSPS) is 19.0. The van der Waals surface area contributed by atoms with E-state index in [2.05, 4.69) is 0 Å². The van der Waals surface area contributed by atoms with E-state index >= 15 is 0 Å². The second-order valence-electron chi connectivity index (χ2n) is 3.36. The molecule has 0 saturated heterocycles. The van der Waals surface area contributed by atoms with Crippen LogP contribution in [0, 0.1) is 0 Å². The maximum Gasteiger partial charge on any atom is 0.316 e. The molecular weight excluding hydrogens is 164 g/mol. The first-order chi connectivity index (χ1) is 6.69. The minimum Gasteiger partial charge on any atom is -0.468 e. The molecule has 0 heterocycles. The van der Waals surface area contributed by atoms with Crippen LogP contribution < -0.4 is 0 Å². The van der Waals surface area contributed by atoms with Gasteiger partial charge in [0.1, 0.15) is 0 Å². The van der Waals surface area contributed by atoms with E-state index in [0.29, 0.717) is 6.04 Å². The van der Waals surface area contributed by atoms with Crippen molar-refractivity contribution in [2.24, 2.45) is 0 Å². The smallest absolute Gasteiger partial charge is 0.316 e. The Morgan fingerprint density at radius 2 is 2.15 bits per heavy atom. The Balaban J connectivity index is 2.31. The van der Waals surface area contributed by atoms with E-state index in [1.165, 1.54) is 7.11 Å². The predicted molar refractivity (Wildman–Crippen MR) is 49.4 cm³/mol. The molecule has 0 aliphatic heterocycles. The average Bonchev–Trinajstić information content (AvgIpc) is 2.99. The number of carbonyl (C=O) groups is 1. The van der Waals surface area contributed by atoms with Gasteiger partial charge in [-0.15, -0.1) is 0 Å². The Hall–Kier alpha value is -1.31. The highest BCUT2D eigenvalue weighted by atomic mass is 16.5. The molecule has 1 aliphatic rings. The molecule has 0 spiro atoms. The summed E-state index contributed by atoms with van der Waals surface area (Å²) in [6.07, 6.45) is 1.72. The average molecular weight is 178 g/mol. The van der Waals surface area contributed by atoms with Crippen LogP contribution in [0.25, 0.3) is 0 Å². The van der Waals surface area contributed by atoms with Crippen LogP contribution in [0.2, 0.25) is 0 Å². The molecule has 2 nitrogen and oxygen atoms in total. The summed E-state index contributed by atoms with van der Waals surface area (Å²) < 4.78 is 12.1. The van der Waals surface area contributed by atoms with E-state index in [-0.39, 0.29) is 5.97 Å². The molecule has 13 heavy (non-hydrogen) atoms. The standard InChI is InChI=1S/C11H12O2/c1-13-10(12)11(7-8-11)9-5-3-2-4-6-9/h2-6H,7-8H2,1H3/i2T. The van der Waals surface area contributed by atoms with Crippen LogP contribution in [-0.2, 0) is 14.9 Å². The van der Waals surface area contributed by atoms with E-state index in [1.807, 2.05) is 12.1 Å². The molecule has 0 unspecified atom stereocenters. The highest BCUT2D eigenvalue weighted by molar-refractivity contribution is 5.86. The van der Waals surface area contributed by atoms with E-state index in [4.69, 9.17) is 6.11 Å². The van der Waals surface area contributed by atoms with Crippen LogP contribution in [0.15, 0.2) is 30.3 Å². The zero-order chi connectivity index (χ0) is 10.2. The third kappa shape index (κ3) is 1.22. The maximum atomic E-state index is 11.5. The summed E-state index contributed by atoms with van der Waals surface area (Å²) in [5, 5.41) is 0. The quantitative estimate of drug-likeness (QED) is 0.646. The van der Waals surface area contributed by atoms with Gasteiger partial charge in [0.2, 0.25) is 0 Å². The second kappa shape index (κ2) is 2.87. The third-order valence-corrected chi connectivity index (χ3v) is 2.60. The fourth-order valence-corrected chi connectivity index (χ4v) is 1.64. The summed E-state index contributed by atoms with van der Waals surface area (Å²) in [5.41, 5.74) is 0.572. The summed E-state index contributed by atoms with van der Waals surface area (Å²) >= 11 is 0. The zero-order valence-corrected chi connectivity index (χ0v) is 7.54. The first-order valence-corrected chi connectivity index (χ1v) is 4.34. The van der Waals surface area contributed by atoms with Crippen molar-refractivity contribution < 1.29 is 10.9 Å². The topological polar surface area (TPSA) is 26.3 Å². The molecule has 1 fully saturated rings. The third-order valence-electron chi connectivity index (χ3n) is 2.60. The van der Waals surface area contributed by atoms with Gasteiger partial charge in [0.15, 0.2) is 0 Å². The number of ether oxygens (including phenoxy) is 1. The molecule has 2 rings (SSSR count). The molecule has 0 bridgehead atoms. The summed E-state index contributed by atoms with van der Waals surface area (Å²) in [6.45, 7) is 0. The number of rotatable bonds is 2. The Kier molecular flexibility index (Phi) is 1.58. The van der Waals surface area contributed by atoms with Gasteiger partial charge in [-0.2, -0.15) is 0 Å². The Labute approximate surface area is 78.9 Å². The van der Waals surface area contributed by atoms with Crippen LogP contribution >= 0.6 is 0 Å². The van der Waals surface area contributed by atoms with Gasteiger partial charge < -0.3 is 4.74 Å². The molecule has 1 saturated carbocycles. The Morgan fingerprint density at radius 1 is 1.54 bits per heavy atom. The van der Waals surface area contributed by atoms with E-state index in [1.54, 1.807) is 12.1 Å². The van der Waals surface area contributed by atoms with Crippen molar-refractivity contribution in [1.82, 2.24) is 0 Å². The van der Waals surface area contributed by atoms with Crippen LogP contribution in [0.4, 0.5) is 0 Å². The molecule has 68 valence electrons. The summed E-state index contributed by atoms with van der Waals surface area (Å²) in [6, 6.07) is 7.56. The molecule has 1 aromatic carbocycles. The fourth-order valence-electron chi connectivity index (χ4n) is 1.64. The minimum atomic E-state index is -0.400. The highest BCUT2D eigenvalue weighted by Crippen LogP contribution is 2.48. The Morgan fingerprint density at radius 3 is 2.62 bits per heavy atom. The van der Waals surface area contributed by atoms with Crippen molar-refractivity contribution in [3.05, 3.63) is 35.9 Å². The second-order valence-corrected chi connectivity index (χ2v) is 3.36. The van der Waals surface area contributed by atoms with Gasteiger partial charge in [-0.25, -0.2) is 0 Å². The summed E-state index contributed by atoms with van der Waals surface area (Å²) in [4.78, 5) is 11.5. The molecule has 2 heteroatoms. The van der Waals surface area contributed by atoms with Gasteiger partial charge in [0, 0.05) is 0 Å². The van der Waals surface area contributed by atoms with Crippen LogP contribution in [0.5, 0.6) is 0 Å². The predicted octanol–water partition coefficient (Wildman–Crippen LogP) is 1.89. The molecular formula is C11H12O2. The summed E-state index contributed by atoms with van der Waals surface area (Å²) in [5.74, 6) is -0.157. The lowest BCUT2D eigenvalue weighted by molar-refractivity contribution is -0.143. The molecule has 0 aromatic heterocycles. The van der Waals surface area contributed by atoms with Crippen LogP contribution in [-0.4, -0.2) is 13.1 Å².